The van der Waals surface area contributed by atoms with Crippen molar-refractivity contribution in [2.45, 2.75) is 45.1 Å². The zero-order valence-electron chi connectivity index (χ0n) is 8.35. The minimum Gasteiger partial charge on any atom is -0.390 e. The van der Waals surface area contributed by atoms with Gasteiger partial charge in [0.1, 0.15) is 0 Å². The summed E-state index contributed by atoms with van der Waals surface area (Å²) in [6.45, 7) is 4.17. The summed E-state index contributed by atoms with van der Waals surface area (Å²) in [6.07, 6.45) is 3.92. The Kier molecular flexibility index (Phi) is 1.95. The first-order chi connectivity index (χ1) is 6.09. The zero-order chi connectivity index (χ0) is 9.47. The van der Waals surface area contributed by atoms with Crippen molar-refractivity contribution in [1.82, 2.24) is 4.98 Å². The lowest BCUT2D eigenvalue weighted by Gasteiger charge is -2.05. The largest absolute Gasteiger partial charge is 0.390 e. The average Bonchev–Trinajstić information content (AvgIpc) is 2.69. The van der Waals surface area contributed by atoms with Crippen LogP contribution in [-0.2, 0) is 6.42 Å². The molecule has 0 amide bonds. The molecular formula is C11H17NO. The maximum Gasteiger partial charge on any atom is 0.0653 e. The Morgan fingerprint density at radius 1 is 1.46 bits per heavy atom. The summed E-state index contributed by atoms with van der Waals surface area (Å²) in [4.78, 5) is 3.28. The van der Waals surface area contributed by atoms with Gasteiger partial charge >= 0.3 is 0 Å². The Hall–Kier alpha value is -0.760. The molecule has 0 unspecified atom stereocenters. The van der Waals surface area contributed by atoms with Crippen molar-refractivity contribution in [3.05, 3.63) is 23.0 Å². The van der Waals surface area contributed by atoms with Crippen LogP contribution in [0, 0.1) is 13.8 Å². The van der Waals surface area contributed by atoms with E-state index >= 15 is 0 Å². The Balaban J connectivity index is 1.97. The summed E-state index contributed by atoms with van der Waals surface area (Å²) in [5.74, 6) is 0. The normalized spacial score (nSPS) is 19.0. The number of rotatable bonds is 3. The van der Waals surface area contributed by atoms with Crippen molar-refractivity contribution in [1.29, 1.82) is 0 Å². The van der Waals surface area contributed by atoms with Crippen LogP contribution in [0.3, 0.4) is 0 Å². The maximum absolute atomic E-state index is 9.68. The Labute approximate surface area is 79.0 Å². The van der Waals surface area contributed by atoms with Gasteiger partial charge in [-0.05, 0) is 51.2 Å². The zero-order valence-corrected chi connectivity index (χ0v) is 8.35. The van der Waals surface area contributed by atoms with Gasteiger partial charge < -0.3 is 10.1 Å². The van der Waals surface area contributed by atoms with Crippen molar-refractivity contribution in [3.63, 3.8) is 0 Å². The molecule has 0 spiro atoms. The highest BCUT2D eigenvalue weighted by atomic mass is 16.3. The van der Waals surface area contributed by atoms with Gasteiger partial charge in [-0.1, -0.05) is 0 Å². The van der Waals surface area contributed by atoms with E-state index in [1.54, 1.807) is 0 Å². The topological polar surface area (TPSA) is 36.0 Å². The third-order valence-corrected chi connectivity index (χ3v) is 2.94. The lowest BCUT2D eigenvalue weighted by Crippen LogP contribution is -2.07. The summed E-state index contributed by atoms with van der Waals surface area (Å²) < 4.78 is 0. The molecule has 13 heavy (non-hydrogen) atoms. The summed E-state index contributed by atoms with van der Waals surface area (Å²) >= 11 is 0. The number of hydrogen-bond donors (Lipinski definition) is 2. The fraction of sp³-hybridized carbons (Fsp3) is 0.636. The molecule has 0 atom stereocenters. The van der Waals surface area contributed by atoms with Crippen molar-refractivity contribution in [2.75, 3.05) is 0 Å². The van der Waals surface area contributed by atoms with Crippen molar-refractivity contribution < 1.29 is 5.11 Å². The van der Waals surface area contributed by atoms with Gasteiger partial charge in [-0.3, -0.25) is 0 Å². The summed E-state index contributed by atoms with van der Waals surface area (Å²) in [5.41, 5.74) is 3.52. The molecule has 0 aromatic carbocycles. The Morgan fingerprint density at radius 3 is 2.62 bits per heavy atom. The maximum atomic E-state index is 9.68. The first kappa shape index (κ1) is 8.82. The van der Waals surface area contributed by atoms with Crippen LogP contribution in [0.1, 0.15) is 36.2 Å². The molecule has 1 aromatic heterocycles. The highest BCUT2D eigenvalue weighted by Gasteiger charge is 2.39. The van der Waals surface area contributed by atoms with Gasteiger partial charge in [0.05, 0.1) is 5.60 Å². The van der Waals surface area contributed by atoms with E-state index in [0.717, 1.165) is 25.7 Å². The molecule has 0 bridgehead atoms. The fourth-order valence-electron chi connectivity index (χ4n) is 1.80. The van der Waals surface area contributed by atoms with Crippen molar-refractivity contribution >= 4 is 0 Å². The van der Waals surface area contributed by atoms with E-state index in [9.17, 15) is 5.11 Å². The van der Waals surface area contributed by atoms with Gasteiger partial charge in [-0.15, -0.1) is 0 Å². The number of H-pyrrole nitrogens is 1. The SMILES string of the molecule is Cc1cc(CCC2(O)CC2)c(C)[nH]1. The first-order valence-corrected chi connectivity index (χ1v) is 4.97. The lowest BCUT2D eigenvalue weighted by molar-refractivity contribution is 0.140. The van der Waals surface area contributed by atoms with Gasteiger partial charge in [-0.25, -0.2) is 0 Å². The summed E-state index contributed by atoms with van der Waals surface area (Å²) in [5, 5.41) is 9.68. The third-order valence-electron chi connectivity index (χ3n) is 2.94. The fourth-order valence-corrected chi connectivity index (χ4v) is 1.80. The Morgan fingerprint density at radius 2 is 2.15 bits per heavy atom. The summed E-state index contributed by atoms with van der Waals surface area (Å²) in [7, 11) is 0. The third kappa shape index (κ3) is 1.94. The van der Waals surface area contributed by atoms with Crippen LogP contribution < -0.4 is 0 Å². The highest BCUT2D eigenvalue weighted by molar-refractivity contribution is 5.24. The first-order valence-electron chi connectivity index (χ1n) is 4.97. The van der Waals surface area contributed by atoms with Gasteiger partial charge in [0.15, 0.2) is 0 Å². The molecular weight excluding hydrogens is 162 g/mol. The molecule has 2 N–H and O–H groups in total. The molecule has 2 nitrogen and oxygen atoms in total. The second-order valence-corrected chi connectivity index (χ2v) is 4.33. The highest BCUT2D eigenvalue weighted by Crippen LogP contribution is 2.39. The van der Waals surface area contributed by atoms with Crippen LogP contribution in [0.4, 0.5) is 0 Å². The van der Waals surface area contributed by atoms with Crippen LogP contribution in [0.15, 0.2) is 6.07 Å². The van der Waals surface area contributed by atoms with Gasteiger partial charge in [-0.2, -0.15) is 0 Å². The number of aliphatic hydroxyl groups is 1. The van der Waals surface area contributed by atoms with Gasteiger partial charge in [0.2, 0.25) is 0 Å². The van der Waals surface area contributed by atoms with E-state index in [0.29, 0.717) is 0 Å². The van der Waals surface area contributed by atoms with Crippen molar-refractivity contribution in [2.24, 2.45) is 0 Å². The molecule has 1 aliphatic carbocycles. The summed E-state index contributed by atoms with van der Waals surface area (Å²) in [6, 6.07) is 2.18. The number of aromatic amines is 1. The minimum absolute atomic E-state index is 0.308. The molecule has 0 saturated heterocycles. The predicted octanol–water partition coefficient (Wildman–Crippen LogP) is 2.09. The van der Waals surface area contributed by atoms with E-state index in [1.165, 1.54) is 17.0 Å². The number of aryl methyl sites for hydroxylation is 3. The molecule has 1 saturated carbocycles. The van der Waals surface area contributed by atoms with Crippen LogP contribution >= 0.6 is 0 Å². The van der Waals surface area contributed by atoms with Crippen LogP contribution in [0.25, 0.3) is 0 Å². The lowest BCUT2D eigenvalue weighted by atomic mass is 10.1. The molecule has 72 valence electrons. The predicted molar refractivity (Wildman–Crippen MR) is 52.8 cm³/mol. The smallest absolute Gasteiger partial charge is 0.0653 e. The van der Waals surface area contributed by atoms with Crippen molar-refractivity contribution in [3.8, 4) is 0 Å². The van der Waals surface area contributed by atoms with E-state index < -0.39 is 0 Å². The number of hydrogen-bond acceptors (Lipinski definition) is 1. The van der Waals surface area contributed by atoms with E-state index in [4.69, 9.17) is 0 Å². The number of aromatic nitrogens is 1. The van der Waals surface area contributed by atoms with E-state index in [1.807, 2.05) is 0 Å². The standard InChI is InChI=1S/C11H17NO/c1-8-7-10(9(2)12-8)3-4-11(13)5-6-11/h7,12-13H,3-6H2,1-2H3. The van der Waals surface area contributed by atoms with E-state index in [2.05, 4.69) is 24.9 Å². The van der Waals surface area contributed by atoms with E-state index in [-0.39, 0.29) is 5.60 Å². The molecule has 0 radical (unpaired) electrons. The second kappa shape index (κ2) is 2.88. The molecule has 1 aliphatic rings. The minimum atomic E-state index is -0.308. The average molecular weight is 179 g/mol. The quantitative estimate of drug-likeness (QED) is 0.732. The Bertz CT molecular complexity index is 310. The van der Waals surface area contributed by atoms with Crippen LogP contribution in [-0.4, -0.2) is 15.7 Å². The molecule has 2 rings (SSSR count). The van der Waals surface area contributed by atoms with Crippen LogP contribution in [0.5, 0.6) is 0 Å². The molecule has 1 heterocycles. The molecule has 0 aliphatic heterocycles. The molecule has 1 fully saturated rings. The monoisotopic (exact) mass is 179 g/mol. The number of nitrogens with one attached hydrogen (secondary N) is 1. The van der Waals surface area contributed by atoms with Gasteiger partial charge in [0, 0.05) is 11.4 Å². The molecule has 1 aromatic rings. The van der Waals surface area contributed by atoms with Gasteiger partial charge in [0.25, 0.3) is 0 Å². The second-order valence-electron chi connectivity index (χ2n) is 4.33. The van der Waals surface area contributed by atoms with Crippen LogP contribution in [0.2, 0.25) is 0 Å². The molecule has 2 heteroatoms.